The molecule has 15 heavy (non-hydrogen) atoms. The van der Waals surface area contributed by atoms with Crippen LogP contribution in [-0.4, -0.2) is 28.5 Å². The van der Waals surface area contributed by atoms with Crippen LogP contribution in [0.25, 0.3) is 0 Å². The number of anilines is 1. The summed E-state index contributed by atoms with van der Waals surface area (Å²) in [6, 6.07) is 1.94. The predicted octanol–water partition coefficient (Wildman–Crippen LogP) is 1.14. The first-order valence-corrected chi connectivity index (χ1v) is 5.20. The minimum Gasteiger partial charge on any atom is -0.393 e. The average Bonchev–Trinajstić information content (AvgIpc) is 2.17. The third kappa shape index (κ3) is 3.43. The third-order valence-corrected chi connectivity index (χ3v) is 2.62. The second-order valence-corrected chi connectivity index (χ2v) is 4.17. The molecule has 82 valence electrons. The minimum atomic E-state index is 0.181. The lowest BCUT2D eigenvalue weighted by Gasteiger charge is -2.21. The minimum absolute atomic E-state index is 0.181. The lowest BCUT2D eigenvalue weighted by Crippen LogP contribution is -2.31. The summed E-state index contributed by atoms with van der Waals surface area (Å²) in [4.78, 5) is 10.8. The Bertz CT molecular complexity index is 353. The lowest BCUT2D eigenvalue weighted by molar-refractivity contribution is 0.733. The molecule has 5 heteroatoms. The van der Waals surface area contributed by atoms with Gasteiger partial charge < -0.3 is 10.6 Å². The van der Waals surface area contributed by atoms with Gasteiger partial charge in [-0.15, -0.1) is 0 Å². The smallest absolute Gasteiger partial charge is 0.131 e. The van der Waals surface area contributed by atoms with Crippen molar-refractivity contribution < 1.29 is 0 Å². The molecule has 0 aliphatic heterocycles. The van der Waals surface area contributed by atoms with Gasteiger partial charge in [-0.2, -0.15) is 0 Å². The summed E-state index contributed by atoms with van der Waals surface area (Å²) in [7, 11) is 1.97. The first kappa shape index (κ1) is 11.8. The monoisotopic (exact) mass is 224 g/mol. The second-order valence-electron chi connectivity index (χ2n) is 3.70. The van der Waals surface area contributed by atoms with E-state index >= 15 is 0 Å². The fourth-order valence-electron chi connectivity index (χ4n) is 1.24. The van der Waals surface area contributed by atoms with E-state index in [1.165, 1.54) is 0 Å². The van der Waals surface area contributed by atoms with Crippen molar-refractivity contribution in [1.82, 2.24) is 9.97 Å². The van der Waals surface area contributed by atoms with Crippen LogP contribution in [0.5, 0.6) is 0 Å². The van der Waals surface area contributed by atoms with Crippen LogP contribution >= 0.6 is 12.2 Å². The van der Waals surface area contributed by atoms with Crippen molar-refractivity contribution in [3.05, 3.63) is 18.1 Å². The fraction of sp³-hybridized carbons (Fsp3) is 0.500. The Morgan fingerprint density at radius 3 is 2.80 bits per heavy atom. The standard InChI is InChI=1S/C10H16N4S/c1-7(10(11)15)5-14(3)9-4-8(2)12-6-13-9/h4,6-7H,5H2,1-3H3,(H2,11,15). The van der Waals surface area contributed by atoms with E-state index in [0.29, 0.717) is 4.99 Å². The number of nitrogens with zero attached hydrogens (tertiary/aromatic N) is 3. The maximum absolute atomic E-state index is 5.56. The molecule has 0 saturated carbocycles. The molecule has 1 atom stereocenters. The fourth-order valence-corrected chi connectivity index (χ4v) is 1.32. The van der Waals surface area contributed by atoms with Gasteiger partial charge in [0.05, 0.1) is 4.99 Å². The Morgan fingerprint density at radius 1 is 1.60 bits per heavy atom. The van der Waals surface area contributed by atoms with Gasteiger partial charge in [0.1, 0.15) is 12.1 Å². The van der Waals surface area contributed by atoms with Gasteiger partial charge in [-0.3, -0.25) is 0 Å². The van der Waals surface area contributed by atoms with Gasteiger partial charge in [-0.1, -0.05) is 19.1 Å². The van der Waals surface area contributed by atoms with E-state index in [0.717, 1.165) is 18.1 Å². The number of aromatic nitrogens is 2. The highest BCUT2D eigenvalue weighted by Gasteiger charge is 2.10. The summed E-state index contributed by atoms with van der Waals surface area (Å²) >= 11 is 4.93. The normalized spacial score (nSPS) is 12.2. The highest BCUT2D eigenvalue weighted by molar-refractivity contribution is 7.80. The molecule has 1 heterocycles. The molecule has 0 radical (unpaired) electrons. The Labute approximate surface area is 95.5 Å². The van der Waals surface area contributed by atoms with E-state index in [9.17, 15) is 0 Å². The summed E-state index contributed by atoms with van der Waals surface area (Å²) in [5.74, 6) is 1.07. The topological polar surface area (TPSA) is 55.0 Å². The van der Waals surface area contributed by atoms with E-state index in [4.69, 9.17) is 18.0 Å². The molecule has 1 aromatic rings. The second kappa shape index (κ2) is 5.02. The largest absolute Gasteiger partial charge is 0.393 e. The molecule has 1 aromatic heterocycles. The Kier molecular flexibility index (Phi) is 3.96. The number of hydrogen-bond donors (Lipinski definition) is 1. The lowest BCUT2D eigenvalue weighted by atomic mass is 10.2. The first-order valence-electron chi connectivity index (χ1n) is 4.80. The molecule has 0 bridgehead atoms. The van der Waals surface area contributed by atoms with E-state index in [1.807, 2.05) is 31.9 Å². The van der Waals surface area contributed by atoms with E-state index in [-0.39, 0.29) is 5.92 Å². The maximum atomic E-state index is 5.56. The van der Waals surface area contributed by atoms with E-state index in [2.05, 4.69) is 9.97 Å². The molecule has 0 amide bonds. The summed E-state index contributed by atoms with van der Waals surface area (Å²) in [5.41, 5.74) is 6.52. The predicted molar refractivity (Wildman–Crippen MR) is 66.0 cm³/mol. The van der Waals surface area contributed by atoms with Crippen LogP contribution < -0.4 is 10.6 Å². The van der Waals surface area contributed by atoms with Crippen LogP contribution in [0.4, 0.5) is 5.82 Å². The summed E-state index contributed by atoms with van der Waals surface area (Å²) in [6.07, 6.45) is 1.56. The molecular weight excluding hydrogens is 208 g/mol. The molecule has 1 rings (SSSR count). The van der Waals surface area contributed by atoms with Gasteiger partial charge >= 0.3 is 0 Å². The summed E-state index contributed by atoms with van der Waals surface area (Å²) < 4.78 is 0. The zero-order valence-electron chi connectivity index (χ0n) is 9.27. The van der Waals surface area contributed by atoms with Gasteiger partial charge in [0.15, 0.2) is 0 Å². The number of hydrogen-bond acceptors (Lipinski definition) is 4. The molecule has 2 N–H and O–H groups in total. The zero-order chi connectivity index (χ0) is 11.4. The maximum Gasteiger partial charge on any atom is 0.131 e. The number of thiocarbonyl (C=S) groups is 1. The van der Waals surface area contributed by atoms with Gasteiger partial charge in [-0.25, -0.2) is 9.97 Å². The van der Waals surface area contributed by atoms with Crippen LogP contribution in [0, 0.1) is 12.8 Å². The highest BCUT2D eigenvalue weighted by Crippen LogP contribution is 2.10. The molecular formula is C10H16N4S. The third-order valence-electron chi connectivity index (χ3n) is 2.21. The van der Waals surface area contributed by atoms with Gasteiger partial charge in [0.25, 0.3) is 0 Å². The van der Waals surface area contributed by atoms with Crippen LogP contribution in [-0.2, 0) is 0 Å². The van der Waals surface area contributed by atoms with Crippen molar-refractivity contribution in [3.63, 3.8) is 0 Å². The molecule has 1 unspecified atom stereocenters. The Morgan fingerprint density at radius 2 is 2.27 bits per heavy atom. The molecule has 0 saturated heterocycles. The summed E-state index contributed by atoms with van der Waals surface area (Å²) in [6.45, 7) is 4.72. The van der Waals surface area contributed by atoms with Crippen LogP contribution in [0.15, 0.2) is 12.4 Å². The van der Waals surface area contributed by atoms with Crippen molar-refractivity contribution in [3.8, 4) is 0 Å². The highest BCUT2D eigenvalue weighted by atomic mass is 32.1. The van der Waals surface area contributed by atoms with Gasteiger partial charge in [0.2, 0.25) is 0 Å². The van der Waals surface area contributed by atoms with Crippen molar-refractivity contribution in [1.29, 1.82) is 0 Å². The quantitative estimate of drug-likeness (QED) is 0.777. The van der Waals surface area contributed by atoms with Gasteiger partial charge in [-0.05, 0) is 6.92 Å². The number of aryl methyl sites for hydroxylation is 1. The van der Waals surface area contributed by atoms with E-state index < -0.39 is 0 Å². The van der Waals surface area contributed by atoms with Crippen molar-refractivity contribution in [2.75, 3.05) is 18.5 Å². The zero-order valence-corrected chi connectivity index (χ0v) is 10.1. The van der Waals surface area contributed by atoms with Crippen molar-refractivity contribution in [2.45, 2.75) is 13.8 Å². The van der Waals surface area contributed by atoms with E-state index in [1.54, 1.807) is 6.33 Å². The SMILES string of the molecule is Cc1cc(N(C)CC(C)C(N)=S)ncn1. The number of nitrogens with two attached hydrogens (primary N) is 1. The molecule has 4 nitrogen and oxygen atoms in total. The van der Waals surface area contributed by atoms with Crippen LogP contribution in [0.2, 0.25) is 0 Å². The van der Waals surface area contributed by atoms with Crippen LogP contribution in [0.3, 0.4) is 0 Å². The first-order chi connectivity index (χ1) is 7.00. The van der Waals surface area contributed by atoms with Crippen molar-refractivity contribution in [2.24, 2.45) is 11.7 Å². The Balaban J connectivity index is 2.68. The number of rotatable bonds is 4. The molecule has 0 spiro atoms. The van der Waals surface area contributed by atoms with Crippen molar-refractivity contribution >= 4 is 23.0 Å². The van der Waals surface area contributed by atoms with Crippen LogP contribution in [0.1, 0.15) is 12.6 Å². The average molecular weight is 224 g/mol. The Hall–Kier alpha value is -1.23. The molecule has 0 aliphatic rings. The molecule has 0 aromatic carbocycles. The summed E-state index contributed by atoms with van der Waals surface area (Å²) in [5, 5.41) is 0. The molecule has 0 fully saturated rings. The molecule has 0 aliphatic carbocycles. The van der Waals surface area contributed by atoms with Gasteiger partial charge in [0, 0.05) is 31.3 Å².